The molecule has 1 aliphatic heterocycles. The topological polar surface area (TPSA) is 99.4 Å². The van der Waals surface area contributed by atoms with E-state index in [4.69, 9.17) is 4.74 Å². The van der Waals surface area contributed by atoms with Crippen molar-refractivity contribution >= 4 is 35.0 Å². The van der Waals surface area contributed by atoms with Crippen molar-refractivity contribution in [3.63, 3.8) is 0 Å². The van der Waals surface area contributed by atoms with Crippen LogP contribution in [0.3, 0.4) is 0 Å². The Morgan fingerprint density at radius 2 is 1.40 bits per heavy atom. The maximum Gasteiger partial charge on any atom is 0.332 e. The molecular weight excluding hydrogens is 586 g/mol. The van der Waals surface area contributed by atoms with Crippen LogP contribution in [0.2, 0.25) is 0 Å². The Labute approximate surface area is 262 Å². The van der Waals surface area contributed by atoms with Crippen LogP contribution < -0.4 is 21.3 Å². The molecule has 5 aromatic rings. The fraction of sp³-hybridized carbons (Fsp3) is 0.111. The summed E-state index contributed by atoms with van der Waals surface area (Å²) in [6.07, 6.45) is 0. The first-order valence-corrected chi connectivity index (χ1v) is 15.2. The molecule has 0 bridgehead atoms. The number of Topliss-reactive ketones (excluding diaryl/α,β-unsaturated/α-hetero) is 1. The normalized spacial score (nSPS) is 15.5. The molecule has 1 aliphatic carbocycles. The third-order valence-corrected chi connectivity index (χ3v) is 9.47. The molecule has 2 atom stereocenters. The number of allylic oxidation sites excluding steroid dienone is 1. The average molecular weight is 614 g/mol. The van der Waals surface area contributed by atoms with Crippen LogP contribution in [0.15, 0.2) is 129 Å². The summed E-state index contributed by atoms with van der Waals surface area (Å²) in [6.45, 7) is 0. The summed E-state index contributed by atoms with van der Waals surface area (Å²) in [6, 6.07) is 33.3. The quantitative estimate of drug-likeness (QED) is 0.149. The number of hydrogen-bond donors (Lipinski definition) is 1. The second-order valence-electron chi connectivity index (χ2n) is 10.9. The lowest BCUT2D eigenvalue weighted by atomic mass is 9.81. The number of hydrogen-bond acceptors (Lipinski definition) is 7. The van der Waals surface area contributed by atoms with E-state index in [2.05, 4.69) is 5.32 Å². The van der Waals surface area contributed by atoms with Gasteiger partial charge < -0.3 is 10.1 Å². The van der Waals surface area contributed by atoms with Crippen molar-refractivity contribution in [3.05, 3.63) is 163 Å². The number of anilines is 1. The molecule has 7 rings (SSSR count). The highest BCUT2D eigenvalue weighted by molar-refractivity contribution is 8.00. The van der Waals surface area contributed by atoms with Gasteiger partial charge in [-0.25, -0.2) is 4.79 Å². The summed E-state index contributed by atoms with van der Waals surface area (Å²) in [5, 5.41) is 2.64. The van der Waals surface area contributed by atoms with E-state index >= 15 is 0 Å². The van der Waals surface area contributed by atoms with Crippen LogP contribution in [-0.4, -0.2) is 20.9 Å². The van der Waals surface area contributed by atoms with Crippen molar-refractivity contribution in [2.24, 2.45) is 14.1 Å². The van der Waals surface area contributed by atoms with E-state index < -0.39 is 28.4 Å². The fourth-order valence-corrected chi connectivity index (χ4v) is 7.03. The Hall–Kier alpha value is -5.41. The largest absolute Gasteiger partial charge is 0.425 e. The molecule has 1 aromatic heterocycles. The highest BCUT2D eigenvalue weighted by Crippen LogP contribution is 2.48. The zero-order chi connectivity index (χ0) is 31.2. The third-order valence-electron chi connectivity index (χ3n) is 8.22. The lowest BCUT2D eigenvalue weighted by Crippen LogP contribution is -2.42. The number of aromatic nitrogens is 2. The minimum absolute atomic E-state index is 0.182. The standard InChI is InChI=1S/C36H27N3O5S/c1-38-33-29(34(41)39(2)36(38)43)27(28-30(37-33)25-15-9-10-16-26(25)31(28)40)21-17-19-23(20-18-21)44-35(42)32(22-11-5-3-6-12-22)45-24-13-7-4-8-14-24/h3-20,27,32,37H,1-2H3/t27-,32-/m1/s1. The van der Waals surface area contributed by atoms with E-state index in [1.165, 1.54) is 23.4 Å². The molecule has 0 spiro atoms. The molecule has 0 saturated carbocycles. The Balaban J connectivity index is 1.26. The first-order valence-electron chi connectivity index (χ1n) is 14.4. The van der Waals surface area contributed by atoms with Gasteiger partial charge in [0.15, 0.2) is 5.78 Å². The van der Waals surface area contributed by atoms with Gasteiger partial charge in [-0.15, -0.1) is 11.8 Å². The number of ether oxygens (including phenoxy) is 1. The number of nitrogens with one attached hydrogen (secondary N) is 1. The fourth-order valence-electron chi connectivity index (χ4n) is 6.00. The van der Waals surface area contributed by atoms with E-state index in [1.54, 1.807) is 43.4 Å². The Morgan fingerprint density at radius 1 is 0.778 bits per heavy atom. The van der Waals surface area contributed by atoms with Crippen LogP contribution in [0.5, 0.6) is 5.75 Å². The van der Waals surface area contributed by atoms with Gasteiger partial charge in [-0.1, -0.05) is 84.9 Å². The SMILES string of the molecule is Cn1c2c(c(=O)n(C)c1=O)[C@H](c1ccc(OC(=O)[C@H](Sc3ccccc3)c3ccccc3)cc1)C1=C(N2)c2ccccc2C1=O. The Kier molecular flexibility index (Phi) is 7.10. The van der Waals surface area contributed by atoms with Crippen LogP contribution >= 0.6 is 11.8 Å². The zero-order valence-electron chi connectivity index (χ0n) is 24.4. The molecular formula is C36H27N3O5S. The molecule has 0 saturated heterocycles. The van der Waals surface area contributed by atoms with Gasteiger partial charge in [0.2, 0.25) is 0 Å². The molecule has 0 fully saturated rings. The van der Waals surface area contributed by atoms with Crippen molar-refractivity contribution in [2.45, 2.75) is 16.1 Å². The van der Waals surface area contributed by atoms with Crippen LogP contribution in [0.4, 0.5) is 5.82 Å². The number of benzene rings is 4. The summed E-state index contributed by atoms with van der Waals surface area (Å²) in [5.74, 6) is -0.687. The molecule has 2 heterocycles. The molecule has 9 heteroatoms. The van der Waals surface area contributed by atoms with E-state index in [1.807, 2.05) is 72.8 Å². The predicted octanol–water partition coefficient (Wildman–Crippen LogP) is 5.69. The van der Waals surface area contributed by atoms with Gasteiger partial charge in [0.25, 0.3) is 5.56 Å². The summed E-state index contributed by atoms with van der Waals surface area (Å²) in [4.78, 5) is 54.8. The number of ketones is 1. The molecule has 0 amide bonds. The second-order valence-corrected chi connectivity index (χ2v) is 12.1. The first kappa shape index (κ1) is 28.4. The smallest absolute Gasteiger partial charge is 0.332 e. The van der Waals surface area contributed by atoms with Crippen molar-refractivity contribution < 1.29 is 14.3 Å². The number of fused-ring (bicyclic) bond motifs is 3. The van der Waals surface area contributed by atoms with Gasteiger partial charge in [0.05, 0.1) is 11.3 Å². The van der Waals surface area contributed by atoms with E-state index in [0.717, 1.165) is 20.6 Å². The summed E-state index contributed by atoms with van der Waals surface area (Å²) >= 11 is 1.41. The second kappa shape index (κ2) is 11.3. The van der Waals surface area contributed by atoms with Crippen molar-refractivity contribution in [3.8, 4) is 5.75 Å². The number of carbonyl (C=O) groups excluding carboxylic acids is 2. The minimum atomic E-state index is -0.753. The highest BCUT2D eigenvalue weighted by atomic mass is 32.2. The first-order chi connectivity index (χ1) is 21.8. The maximum atomic E-state index is 13.8. The minimum Gasteiger partial charge on any atom is -0.425 e. The number of rotatable bonds is 6. The van der Waals surface area contributed by atoms with Crippen LogP contribution in [-0.2, 0) is 18.9 Å². The summed E-state index contributed by atoms with van der Waals surface area (Å²) < 4.78 is 8.33. The molecule has 2 aliphatic rings. The molecule has 8 nitrogen and oxygen atoms in total. The van der Waals surface area contributed by atoms with Gasteiger partial charge in [0.1, 0.15) is 16.8 Å². The van der Waals surface area contributed by atoms with Gasteiger partial charge in [-0.2, -0.15) is 0 Å². The molecule has 222 valence electrons. The van der Waals surface area contributed by atoms with Gasteiger partial charge in [-0.05, 0) is 35.4 Å². The van der Waals surface area contributed by atoms with Crippen molar-refractivity contribution in [1.82, 2.24) is 9.13 Å². The lowest BCUT2D eigenvalue weighted by Gasteiger charge is -2.29. The average Bonchev–Trinajstić information content (AvgIpc) is 3.36. The molecule has 45 heavy (non-hydrogen) atoms. The molecule has 4 aromatic carbocycles. The molecule has 1 N–H and O–H groups in total. The van der Waals surface area contributed by atoms with Gasteiger partial charge >= 0.3 is 11.7 Å². The number of esters is 1. The van der Waals surface area contributed by atoms with E-state index in [-0.39, 0.29) is 5.78 Å². The number of carbonyl (C=O) groups is 2. The lowest BCUT2D eigenvalue weighted by molar-refractivity contribution is -0.133. The van der Waals surface area contributed by atoms with E-state index in [9.17, 15) is 19.2 Å². The van der Waals surface area contributed by atoms with Crippen molar-refractivity contribution in [1.29, 1.82) is 0 Å². The zero-order valence-corrected chi connectivity index (χ0v) is 25.2. The van der Waals surface area contributed by atoms with E-state index in [0.29, 0.717) is 39.5 Å². The number of nitrogens with zero attached hydrogens (tertiary/aromatic N) is 2. The maximum absolute atomic E-state index is 13.8. The Morgan fingerprint density at radius 3 is 2.09 bits per heavy atom. The van der Waals surface area contributed by atoms with Crippen LogP contribution in [0.25, 0.3) is 5.70 Å². The number of thioether (sulfide) groups is 1. The summed E-state index contributed by atoms with van der Waals surface area (Å²) in [7, 11) is 3.02. The predicted molar refractivity (Wildman–Crippen MR) is 174 cm³/mol. The summed E-state index contributed by atoms with van der Waals surface area (Å²) in [5.41, 5.74) is 3.07. The van der Waals surface area contributed by atoms with Gasteiger partial charge in [0, 0.05) is 41.6 Å². The van der Waals surface area contributed by atoms with Gasteiger partial charge in [-0.3, -0.25) is 23.5 Å². The van der Waals surface area contributed by atoms with Crippen LogP contribution in [0, 0.1) is 0 Å². The molecule has 0 unspecified atom stereocenters. The van der Waals surface area contributed by atoms with Crippen LogP contribution in [0.1, 0.15) is 43.8 Å². The highest BCUT2D eigenvalue weighted by Gasteiger charge is 2.42. The monoisotopic (exact) mass is 613 g/mol. The third kappa shape index (κ3) is 4.81. The van der Waals surface area contributed by atoms with Crippen molar-refractivity contribution in [2.75, 3.05) is 5.32 Å². The molecule has 0 radical (unpaired) electrons. The Bertz CT molecular complexity index is 2130.